The Balaban J connectivity index is 1.63. The van der Waals surface area contributed by atoms with Gasteiger partial charge in [-0.15, -0.1) is 0 Å². The van der Waals surface area contributed by atoms with Gasteiger partial charge >= 0.3 is 0 Å². The summed E-state index contributed by atoms with van der Waals surface area (Å²) >= 11 is 5.18. The molecule has 6 nitrogen and oxygen atoms in total. The molecule has 2 aromatic heterocycles. The van der Waals surface area contributed by atoms with E-state index < -0.39 is 0 Å². The molecule has 0 spiro atoms. The van der Waals surface area contributed by atoms with Crippen LogP contribution in [-0.2, 0) is 0 Å². The molecular weight excluding hydrogens is 346 g/mol. The van der Waals surface area contributed by atoms with Gasteiger partial charge in [-0.3, -0.25) is 20.6 Å². The standard InChI is InChI=1S/C19H17N5OS/c25-18(23-24-19(26)21-13-5-6-13)15-11-17(12-7-9-20-10-8-12)22-16-4-2-1-3-14(15)16/h1-4,7-11,13H,5-6H2,(H,23,25)(H2,21,24,26). The Morgan fingerprint density at radius 2 is 1.85 bits per heavy atom. The van der Waals surface area contributed by atoms with Crippen molar-refractivity contribution in [3.05, 3.63) is 60.4 Å². The number of aromatic nitrogens is 2. The van der Waals surface area contributed by atoms with Gasteiger partial charge in [0.05, 0.1) is 16.8 Å². The first-order valence-corrected chi connectivity index (χ1v) is 8.78. The average Bonchev–Trinajstić information content (AvgIpc) is 3.50. The quantitative estimate of drug-likeness (QED) is 0.490. The highest BCUT2D eigenvalue weighted by atomic mass is 32.1. The number of carbonyl (C=O) groups is 1. The number of para-hydroxylation sites is 1. The summed E-state index contributed by atoms with van der Waals surface area (Å²) in [5.74, 6) is -0.265. The lowest BCUT2D eigenvalue weighted by Crippen LogP contribution is -2.47. The lowest BCUT2D eigenvalue weighted by molar-refractivity contribution is 0.0945. The van der Waals surface area contributed by atoms with Crippen LogP contribution in [0.1, 0.15) is 23.2 Å². The zero-order valence-electron chi connectivity index (χ0n) is 13.9. The molecule has 0 unspecified atom stereocenters. The Kier molecular flexibility index (Phi) is 4.45. The molecule has 1 amide bonds. The lowest BCUT2D eigenvalue weighted by atomic mass is 10.0. The third kappa shape index (κ3) is 3.62. The first kappa shape index (κ1) is 16.4. The second-order valence-corrected chi connectivity index (χ2v) is 6.54. The first-order valence-electron chi connectivity index (χ1n) is 8.38. The molecule has 0 saturated heterocycles. The summed E-state index contributed by atoms with van der Waals surface area (Å²) in [5.41, 5.74) is 8.34. The number of hydrazine groups is 1. The molecule has 1 aliphatic rings. The zero-order chi connectivity index (χ0) is 17.9. The van der Waals surface area contributed by atoms with Gasteiger partial charge in [0.2, 0.25) is 0 Å². The maximum absolute atomic E-state index is 12.7. The number of pyridine rings is 2. The number of fused-ring (bicyclic) bond motifs is 1. The number of rotatable bonds is 3. The van der Waals surface area contributed by atoms with Crippen molar-refractivity contribution in [2.45, 2.75) is 18.9 Å². The number of thiocarbonyl (C=S) groups is 1. The van der Waals surface area contributed by atoms with E-state index in [9.17, 15) is 4.79 Å². The van der Waals surface area contributed by atoms with Gasteiger partial charge in [-0.25, -0.2) is 4.98 Å². The number of carbonyl (C=O) groups excluding carboxylic acids is 1. The Hall–Kier alpha value is -3.06. The topological polar surface area (TPSA) is 78.9 Å². The van der Waals surface area contributed by atoms with Gasteiger partial charge in [0.25, 0.3) is 5.91 Å². The van der Waals surface area contributed by atoms with Crippen LogP contribution in [0.25, 0.3) is 22.2 Å². The number of hydrogen-bond acceptors (Lipinski definition) is 4. The molecule has 1 aliphatic carbocycles. The molecule has 130 valence electrons. The fraction of sp³-hybridized carbons (Fsp3) is 0.158. The fourth-order valence-corrected chi connectivity index (χ4v) is 2.88. The first-order chi connectivity index (χ1) is 12.7. The molecule has 1 fully saturated rings. The van der Waals surface area contributed by atoms with Crippen molar-refractivity contribution in [3.8, 4) is 11.3 Å². The smallest absolute Gasteiger partial charge is 0.270 e. The van der Waals surface area contributed by atoms with Crippen molar-refractivity contribution >= 4 is 34.1 Å². The maximum atomic E-state index is 12.7. The second kappa shape index (κ2) is 7.05. The van der Waals surface area contributed by atoms with E-state index in [1.165, 1.54) is 0 Å². The van der Waals surface area contributed by atoms with Crippen LogP contribution in [0.5, 0.6) is 0 Å². The Labute approximate surface area is 156 Å². The maximum Gasteiger partial charge on any atom is 0.270 e. The van der Waals surface area contributed by atoms with Crippen molar-refractivity contribution < 1.29 is 4.79 Å². The fourth-order valence-electron chi connectivity index (χ4n) is 2.66. The van der Waals surface area contributed by atoms with Gasteiger partial charge in [0, 0.05) is 29.4 Å². The van der Waals surface area contributed by atoms with Crippen LogP contribution in [-0.4, -0.2) is 27.0 Å². The molecular formula is C19H17N5OS. The highest BCUT2D eigenvalue weighted by molar-refractivity contribution is 7.80. The number of nitrogens with one attached hydrogen (secondary N) is 3. The van der Waals surface area contributed by atoms with Crippen molar-refractivity contribution in [2.75, 3.05) is 0 Å². The summed E-state index contributed by atoms with van der Waals surface area (Å²) in [6.07, 6.45) is 5.63. The van der Waals surface area contributed by atoms with Crippen molar-refractivity contribution in [1.82, 2.24) is 26.1 Å². The average molecular weight is 363 g/mol. The number of nitrogens with zero attached hydrogens (tertiary/aromatic N) is 2. The monoisotopic (exact) mass is 363 g/mol. The minimum Gasteiger partial charge on any atom is -0.359 e. The zero-order valence-corrected chi connectivity index (χ0v) is 14.7. The minimum absolute atomic E-state index is 0.265. The van der Waals surface area contributed by atoms with Crippen LogP contribution in [0.15, 0.2) is 54.9 Å². The molecule has 0 bridgehead atoms. The summed E-state index contributed by atoms with van der Waals surface area (Å²) in [4.78, 5) is 21.4. The molecule has 3 aromatic rings. The minimum atomic E-state index is -0.265. The van der Waals surface area contributed by atoms with Crippen LogP contribution >= 0.6 is 12.2 Å². The van der Waals surface area contributed by atoms with Gasteiger partial charge in [0.1, 0.15) is 0 Å². The van der Waals surface area contributed by atoms with Gasteiger partial charge in [-0.2, -0.15) is 0 Å². The largest absolute Gasteiger partial charge is 0.359 e. The van der Waals surface area contributed by atoms with Crippen molar-refractivity contribution in [2.24, 2.45) is 0 Å². The van der Waals surface area contributed by atoms with E-state index in [-0.39, 0.29) is 5.91 Å². The van der Waals surface area contributed by atoms with E-state index >= 15 is 0 Å². The summed E-state index contributed by atoms with van der Waals surface area (Å²) in [7, 11) is 0. The van der Waals surface area contributed by atoms with E-state index in [2.05, 4.69) is 26.1 Å². The van der Waals surface area contributed by atoms with Gasteiger partial charge in [-0.05, 0) is 49.3 Å². The molecule has 1 aromatic carbocycles. The SMILES string of the molecule is O=C(NNC(=S)NC1CC1)c1cc(-c2ccncc2)nc2ccccc12. The number of amides is 1. The summed E-state index contributed by atoms with van der Waals surface area (Å²) in [6.45, 7) is 0. The molecule has 0 atom stereocenters. The molecule has 4 rings (SSSR count). The van der Waals surface area contributed by atoms with Crippen molar-refractivity contribution in [1.29, 1.82) is 0 Å². The summed E-state index contributed by atoms with van der Waals surface area (Å²) in [6, 6.07) is 13.5. The number of benzene rings is 1. The van der Waals surface area contributed by atoms with E-state index in [0.29, 0.717) is 16.7 Å². The van der Waals surface area contributed by atoms with Gasteiger partial charge < -0.3 is 5.32 Å². The van der Waals surface area contributed by atoms with Crippen molar-refractivity contribution in [3.63, 3.8) is 0 Å². The van der Waals surface area contributed by atoms with E-state index in [1.54, 1.807) is 18.5 Å². The van der Waals surface area contributed by atoms with Crippen LogP contribution in [0.2, 0.25) is 0 Å². The molecule has 7 heteroatoms. The van der Waals surface area contributed by atoms with E-state index in [4.69, 9.17) is 12.2 Å². The molecule has 1 saturated carbocycles. The predicted octanol–water partition coefficient (Wildman–Crippen LogP) is 2.57. The van der Waals surface area contributed by atoms with Gasteiger partial charge in [0.15, 0.2) is 5.11 Å². The normalized spacial score (nSPS) is 13.2. The highest BCUT2D eigenvalue weighted by Crippen LogP contribution is 2.24. The molecule has 26 heavy (non-hydrogen) atoms. The second-order valence-electron chi connectivity index (χ2n) is 6.13. The van der Waals surface area contributed by atoms with Crippen LogP contribution in [0.3, 0.4) is 0 Å². The van der Waals surface area contributed by atoms with E-state index in [1.807, 2.05) is 36.4 Å². The predicted molar refractivity (Wildman–Crippen MR) is 104 cm³/mol. The van der Waals surface area contributed by atoms with Crippen LogP contribution < -0.4 is 16.2 Å². The third-order valence-electron chi connectivity index (χ3n) is 4.14. The molecule has 2 heterocycles. The lowest BCUT2D eigenvalue weighted by Gasteiger charge is -2.13. The Bertz CT molecular complexity index is 972. The van der Waals surface area contributed by atoms with E-state index in [0.717, 1.165) is 35.0 Å². The Morgan fingerprint density at radius 3 is 2.62 bits per heavy atom. The summed E-state index contributed by atoms with van der Waals surface area (Å²) < 4.78 is 0. The third-order valence-corrected chi connectivity index (χ3v) is 4.36. The van der Waals surface area contributed by atoms with Crippen LogP contribution in [0, 0.1) is 0 Å². The summed E-state index contributed by atoms with van der Waals surface area (Å²) in [5, 5.41) is 4.33. The highest BCUT2D eigenvalue weighted by Gasteiger charge is 2.22. The number of hydrogen-bond donors (Lipinski definition) is 3. The Morgan fingerprint density at radius 1 is 1.08 bits per heavy atom. The molecule has 0 radical (unpaired) electrons. The van der Waals surface area contributed by atoms with Gasteiger partial charge in [-0.1, -0.05) is 18.2 Å². The van der Waals surface area contributed by atoms with Crippen LogP contribution in [0.4, 0.5) is 0 Å². The molecule has 3 N–H and O–H groups in total. The molecule has 0 aliphatic heterocycles.